The number of aromatic hydroxyl groups is 1. The molecule has 6 N–H and O–H groups in total. The van der Waals surface area contributed by atoms with Crippen molar-refractivity contribution in [3.63, 3.8) is 0 Å². The number of rotatable bonds is 6. The summed E-state index contributed by atoms with van der Waals surface area (Å²) in [5.41, 5.74) is 2.84. The summed E-state index contributed by atoms with van der Waals surface area (Å²) in [6.07, 6.45) is 5.15. The van der Waals surface area contributed by atoms with Crippen molar-refractivity contribution in [3.8, 4) is 5.75 Å². The molecule has 2 saturated carbocycles. The second-order valence-corrected chi connectivity index (χ2v) is 13.4. The Morgan fingerprint density at radius 3 is 2.43 bits per heavy atom. The number of carbonyl (C=O) groups is 3. The molecule has 5 aliphatic rings. The van der Waals surface area contributed by atoms with Crippen molar-refractivity contribution in [1.82, 2.24) is 9.80 Å². The fourth-order valence-corrected chi connectivity index (χ4v) is 9.10. The SMILES string of the molecule is CCN(Cc1cc(O)c2c(c1Cl)C[C@H]1C[C@H]3[C@H](N(C)C)C(O)=C(C(N)=O)C(=O)[C@@]3(O)C(O)=C1C2=O)[C@@H]1CC2CCC1C2. The number of likely N-dealkylation sites (N-methyl/N-ethyl adjacent to an activating group) is 1. The van der Waals surface area contributed by atoms with Crippen LogP contribution in [0.25, 0.3) is 0 Å². The molecule has 0 spiro atoms. The molecule has 11 heteroatoms. The minimum absolute atomic E-state index is 0.0271. The van der Waals surface area contributed by atoms with Crippen molar-refractivity contribution >= 4 is 29.1 Å². The van der Waals surface area contributed by atoms with E-state index in [2.05, 4.69) is 11.8 Å². The maximum absolute atomic E-state index is 13.9. The quantitative estimate of drug-likeness (QED) is 0.309. The maximum Gasteiger partial charge on any atom is 0.255 e. The molecule has 0 saturated heterocycles. The number of Topliss-reactive ketones (excluding diaryl/α,β-unsaturated/α-hetero) is 2. The van der Waals surface area contributed by atoms with E-state index in [4.69, 9.17) is 17.3 Å². The fraction of sp³-hybridized carbons (Fsp3) is 0.581. The van der Waals surface area contributed by atoms with Crippen LogP contribution < -0.4 is 5.73 Å². The lowest BCUT2D eigenvalue weighted by molar-refractivity contribution is -0.148. The average molecular weight is 600 g/mol. The van der Waals surface area contributed by atoms with E-state index < -0.39 is 58.0 Å². The molecule has 0 radical (unpaired) electrons. The van der Waals surface area contributed by atoms with Gasteiger partial charge < -0.3 is 26.2 Å². The number of phenolic OH excluding ortho intramolecular Hbond substituents is 1. The molecular weight excluding hydrogens is 562 g/mol. The normalized spacial score (nSPS) is 33.9. The zero-order chi connectivity index (χ0) is 30.4. The number of hydrogen-bond acceptors (Lipinski definition) is 9. The van der Waals surface area contributed by atoms with E-state index >= 15 is 0 Å². The van der Waals surface area contributed by atoms with Crippen molar-refractivity contribution in [2.75, 3.05) is 20.6 Å². The molecule has 7 atom stereocenters. The maximum atomic E-state index is 13.9. The van der Waals surface area contributed by atoms with Crippen molar-refractivity contribution in [2.45, 2.75) is 69.7 Å². The van der Waals surface area contributed by atoms with Gasteiger partial charge in [0.2, 0.25) is 5.78 Å². The smallest absolute Gasteiger partial charge is 0.255 e. The summed E-state index contributed by atoms with van der Waals surface area (Å²) in [4.78, 5) is 43.4. The first-order chi connectivity index (χ1) is 19.8. The number of benzene rings is 1. The summed E-state index contributed by atoms with van der Waals surface area (Å²) in [6.45, 7) is 3.48. The highest BCUT2D eigenvalue weighted by atomic mass is 35.5. The van der Waals surface area contributed by atoms with Gasteiger partial charge in [0.05, 0.1) is 11.6 Å². The molecule has 5 aliphatic carbocycles. The molecule has 2 unspecified atom stereocenters. The van der Waals surface area contributed by atoms with Gasteiger partial charge in [0.1, 0.15) is 22.8 Å². The van der Waals surface area contributed by atoms with Crippen molar-refractivity contribution < 1.29 is 34.8 Å². The van der Waals surface area contributed by atoms with Crippen LogP contribution in [0, 0.1) is 23.7 Å². The Morgan fingerprint density at radius 2 is 1.86 bits per heavy atom. The molecule has 0 aliphatic heterocycles. The predicted molar refractivity (Wildman–Crippen MR) is 154 cm³/mol. The third kappa shape index (κ3) is 3.98. The second-order valence-electron chi connectivity index (χ2n) is 13.0. The van der Waals surface area contributed by atoms with Crippen LogP contribution in [0.5, 0.6) is 5.75 Å². The largest absolute Gasteiger partial charge is 0.510 e. The number of ketones is 2. The number of fused-ring (bicyclic) bond motifs is 5. The third-order valence-corrected chi connectivity index (χ3v) is 11.2. The lowest BCUT2D eigenvalue weighted by atomic mass is 9.58. The number of carbonyl (C=O) groups excluding carboxylic acids is 3. The summed E-state index contributed by atoms with van der Waals surface area (Å²) in [5.74, 6) is -5.28. The van der Waals surface area contributed by atoms with Crippen LogP contribution >= 0.6 is 11.6 Å². The van der Waals surface area contributed by atoms with Gasteiger partial charge in [0.25, 0.3) is 5.91 Å². The van der Waals surface area contributed by atoms with Gasteiger partial charge in [-0.1, -0.05) is 24.9 Å². The minimum Gasteiger partial charge on any atom is -0.510 e. The fourth-order valence-electron chi connectivity index (χ4n) is 8.81. The van der Waals surface area contributed by atoms with Crippen LogP contribution in [0.2, 0.25) is 5.02 Å². The van der Waals surface area contributed by atoms with Gasteiger partial charge in [-0.15, -0.1) is 0 Å². The Balaban J connectivity index is 1.41. The highest BCUT2D eigenvalue weighted by Gasteiger charge is 2.63. The number of aliphatic hydroxyl groups is 3. The number of aliphatic hydroxyl groups excluding tert-OH is 2. The van der Waals surface area contributed by atoms with Crippen LogP contribution in [0.15, 0.2) is 28.7 Å². The number of halogens is 1. The number of primary amides is 1. The first kappa shape index (κ1) is 29.2. The molecule has 6 rings (SSSR count). The second kappa shape index (κ2) is 10.1. The zero-order valence-electron chi connectivity index (χ0n) is 24.1. The first-order valence-electron chi connectivity index (χ1n) is 14.7. The van der Waals surface area contributed by atoms with Crippen LogP contribution in [-0.4, -0.2) is 86.0 Å². The van der Waals surface area contributed by atoms with Crippen LogP contribution in [0.1, 0.15) is 60.5 Å². The number of nitrogens with two attached hydrogens (primary N) is 1. The Kier molecular flexibility index (Phi) is 7.00. The molecule has 42 heavy (non-hydrogen) atoms. The number of phenols is 1. The van der Waals surface area contributed by atoms with E-state index in [0.717, 1.165) is 24.4 Å². The van der Waals surface area contributed by atoms with E-state index in [1.807, 2.05) is 0 Å². The predicted octanol–water partition coefficient (Wildman–Crippen LogP) is 2.78. The number of allylic oxidation sites excluding steroid dienone is 1. The summed E-state index contributed by atoms with van der Waals surface area (Å²) >= 11 is 6.98. The van der Waals surface area contributed by atoms with Gasteiger partial charge in [-0.2, -0.15) is 0 Å². The third-order valence-electron chi connectivity index (χ3n) is 10.7. The average Bonchev–Trinajstić information content (AvgIpc) is 3.55. The van der Waals surface area contributed by atoms with Gasteiger partial charge in [0, 0.05) is 29.1 Å². The Bertz CT molecular complexity index is 1470. The van der Waals surface area contributed by atoms with Gasteiger partial charge >= 0.3 is 0 Å². The van der Waals surface area contributed by atoms with Gasteiger partial charge in [-0.3, -0.25) is 24.2 Å². The molecular formula is C31H38ClN3O7. The van der Waals surface area contributed by atoms with E-state index in [-0.39, 0.29) is 29.7 Å². The molecule has 1 aromatic carbocycles. The number of nitrogens with zero attached hydrogens (tertiary/aromatic N) is 2. The van der Waals surface area contributed by atoms with Crippen molar-refractivity contribution in [3.05, 3.63) is 50.4 Å². The Morgan fingerprint density at radius 1 is 1.14 bits per heavy atom. The lowest BCUT2D eigenvalue weighted by Gasteiger charge is -2.50. The van der Waals surface area contributed by atoms with Crippen LogP contribution in [0.3, 0.4) is 0 Å². The van der Waals surface area contributed by atoms with E-state index in [9.17, 15) is 34.8 Å². The van der Waals surface area contributed by atoms with Crippen LogP contribution in [0.4, 0.5) is 0 Å². The van der Waals surface area contributed by atoms with E-state index in [1.54, 1.807) is 14.1 Å². The van der Waals surface area contributed by atoms with Crippen LogP contribution in [-0.2, 0) is 22.6 Å². The van der Waals surface area contributed by atoms with E-state index in [1.165, 1.54) is 30.2 Å². The molecule has 2 fully saturated rings. The molecule has 226 valence electrons. The summed E-state index contributed by atoms with van der Waals surface area (Å²) in [7, 11) is 3.20. The molecule has 2 bridgehead atoms. The van der Waals surface area contributed by atoms with Gasteiger partial charge in [-0.25, -0.2) is 0 Å². The first-order valence-corrected chi connectivity index (χ1v) is 15.1. The summed E-state index contributed by atoms with van der Waals surface area (Å²) < 4.78 is 0. The monoisotopic (exact) mass is 599 g/mol. The lowest BCUT2D eigenvalue weighted by Crippen LogP contribution is -2.63. The molecule has 1 aromatic rings. The zero-order valence-corrected chi connectivity index (χ0v) is 24.8. The highest BCUT2D eigenvalue weighted by molar-refractivity contribution is 6.33. The van der Waals surface area contributed by atoms with Crippen molar-refractivity contribution in [1.29, 1.82) is 0 Å². The summed E-state index contributed by atoms with van der Waals surface area (Å²) in [5, 5.41) is 45.6. The molecule has 0 heterocycles. The van der Waals surface area contributed by atoms with E-state index in [0.29, 0.717) is 29.1 Å². The molecule has 10 nitrogen and oxygen atoms in total. The van der Waals surface area contributed by atoms with Gasteiger partial charge in [-0.05, 0) is 87.7 Å². The molecule has 1 amide bonds. The van der Waals surface area contributed by atoms with Gasteiger partial charge in [0.15, 0.2) is 11.4 Å². The highest BCUT2D eigenvalue weighted by Crippen LogP contribution is 2.53. The molecule has 0 aromatic heterocycles. The standard InChI is InChI=1S/C31H38ClN3O7/c1-4-35(19-8-13-5-6-14(19)7-13)12-16-11-20(36)22-17(24(16)32)9-15-10-18-25(34(2)3)27(38)23(30(33)41)29(40)31(18,42)28(39)21(15)26(22)37/h11,13-15,18-19,25,36,38-39,42H,4-10,12H2,1-3H3,(H2,33,41)/t13?,14?,15-,18-,19+,25-,31-/m0/s1. The topological polar surface area (TPSA) is 165 Å². The Labute approximate surface area is 249 Å². The number of amides is 1. The number of hydrogen-bond donors (Lipinski definition) is 5. The minimum atomic E-state index is -2.66. The Hall–Kier alpha value is -2.92. The van der Waals surface area contributed by atoms with Crippen molar-refractivity contribution in [2.24, 2.45) is 29.4 Å². The summed E-state index contributed by atoms with van der Waals surface area (Å²) in [6, 6.07) is 0.933.